The number of nitrogens with zero attached hydrogens (tertiary/aromatic N) is 5. The maximum atomic E-state index is 5.74. The molecule has 1 aliphatic rings. The van der Waals surface area contributed by atoms with E-state index in [1.165, 1.54) is 0 Å². The average Bonchev–Trinajstić information content (AvgIpc) is 2.77. The SMILES string of the molecule is CN(C)CC1CN(Cc2nc(N(C)C)no2)CCO1. The first kappa shape index (κ1) is 14.2. The van der Waals surface area contributed by atoms with Crippen molar-refractivity contribution in [2.75, 3.05) is 59.3 Å². The molecule has 0 N–H and O–H groups in total. The lowest BCUT2D eigenvalue weighted by atomic mass is 10.2. The fourth-order valence-corrected chi connectivity index (χ4v) is 2.12. The van der Waals surface area contributed by atoms with Crippen LogP contribution in [0.4, 0.5) is 5.95 Å². The lowest BCUT2D eigenvalue weighted by molar-refractivity contribution is -0.0430. The van der Waals surface area contributed by atoms with Crippen LogP contribution in [0.1, 0.15) is 5.89 Å². The maximum absolute atomic E-state index is 5.74. The van der Waals surface area contributed by atoms with Crippen LogP contribution in [0.15, 0.2) is 4.52 Å². The molecule has 1 atom stereocenters. The summed E-state index contributed by atoms with van der Waals surface area (Å²) in [5.41, 5.74) is 0. The van der Waals surface area contributed by atoms with Crippen molar-refractivity contribution < 1.29 is 9.26 Å². The third kappa shape index (κ3) is 4.15. The minimum atomic E-state index is 0.250. The van der Waals surface area contributed by atoms with Gasteiger partial charge < -0.3 is 19.1 Å². The van der Waals surface area contributed by atoms with Crippen molar-refractivity contribution in [2.45, 2.75) is 12.6 Å². The number of rotatable bonds is 5. The van der Waals surface area contributed by atoms with E-state index in [9.17, 15) is 0 Å². The second-order valence-electron chi connectivity index (χ2n) is 5.37. The molecule has 0 amide bonds. The molecule has 0 radical (unpaired) electrons. The van der Waals surface area contributed by atoms with E-state index in [4.69, 9.17) is 9.26 Å². The van der Waals surface area contributed by atoms with E-state index in [0.29, 0.717) is 18.4 Å². The number of hydrogen-bond donors (Lipinski definition) is 0. The fourth-order valence-electron chi connectivity index (χ4n) is 2.12. The second kappa shape index (κ2) is 6.31. The Morgan fingerprint density at radius 3 is 2.74 bits per heavy atom. The van der Waals surface area contributed by atoms with E-state index in [-0.39, 0.29) is 6.10 Å². The molecule has 0 aromatic carbocycles. The van der Waals surface area contributed by atoms with Crippen LogP contribution in [0.25, 0.3) is 0 Å². The van der Waals surface area contributed by atoms with Gasteiger partial charge in [0.1, 0.15) is 0 Å². The minimum absolute atomic E-state index is 0.250. The molecule has 1 saturated heterocycles. The van der Waals surface area contributed by atoms with Crippen molar-refractivity contribution in [3.05, 3.63) is 5.89 Å². The van der Waals surface area contributed by atoms with E-state index < -0.39 is 0 Å². The van der Waals surface area contributed by atoms with Gasteiger partial charge in [0.25, 0.3) is 5.95 Å². The number of hydrogen-bond acceptors (Lipinski definition) is 7. The van der Waals surface area contributed by atoms with Crippen LogP contribution in [-0.2, 0) is 11.3 Å². The number of ether oxygens (including phenoxy) is 1. The summed E-state index contributed by atoms with van der Waals surface area (Å²) >= 11 is 0. The van der Waals surface area contributed by atoms with Crippen LogP contribution >= 0.6 is 0 Å². The van der Waals surface area contributed by atoms with Crippen molar-refractivity contribution in [3.63, 3.8) is 0 Å². The van der Waals surface area contributed by atoms with E-state index in [1.807, 2.05) is 19.0 Å². The van der Waals surface area contributed by atoms with Crippen molar-refractivity contribution >= 4 is 5.95 Å². The Kier molecular flexibility index (Phi) is 4.73. The zero-order valence-corrected chi connectivity index (χ0v) is 12.2. The van der Waals surface area contributed by atoms with Gasteiger partial charge in [0.05, 0.1) is 19.3 Å². The van der Waals surface area contributed by atoms with Gasteiger partial charge >= 0.3 is 0 Å². The molecular formula is C12H23N5O2. The Labute approximate surface area is 114 Å². The Bertz CT molecular complexity index is 393. The van der Waals surface area contributed by atoms with E-state index >= 15 is 0 Å². The Balaban J connectivity index is 1.87. The maximum Gasteiger partial charge on any atom is 0.265 e. The summed E-state index contributed by atoms with van der Waals surface area (Å²) in [5, 5.41) is 3.92. The molecule has 108 valence electrons. The van der Waals surface area contributed by atoms with Crippen LogP contribution in [0, 0.1) is 0 Å². The van der Waals surface area contributed by atoms with E-state index in [0.717, 1.165) is 26.2 Å². The first-order valence-electron chi connectivity index (χ1n) is 6.53. The molecule has 7 nitrogen and oxygen atoms in total. The Morgan fingerprint density at radius 1 is 1.32 bits per heavy atom. The van der Waals surface area contributed by atoms with Gasteiger partial charge in [-0.25, -0.2) is 0 Å². The second-order valence-corrected chi connectivity index (χ2v) is 5.37. The highest BCUT2D eigenvalue weighted by molar-refractivity contribution is 5.23. The molecule has 0 aliphatic carbocycles. The lowest BCUT2D eigenvalue weighted by Crippen LogP contribution is -2.46. The molecule has 19 heavy (non-hydrogen) atoms. The minimum Gasteiger partial charge on any atom is -0.374 e. The highest BCUT2D eigenvalue weighted by Gasteiger charge is 2.22. The summed E-state index contributed by atoms with van der Waals surface area (Å²) in [6, 6.07) is 0. The van der Waals surface area contributed by atoms with Gasteiger partial charge in [-0.2, -0.15) is 4.98 Å². The number of aromatic nitrogens is 2. The predicted molar refractivity (Wildman–Crippen MR) is 72.2 cm³/mol. The van der Waals surface area contributed by atoms with Gasteiger partial charge in [0, 0.05) is 33.7 Å². The third-order valence-electron chi connectivity index (χ3n) is 3.01. The van der Waals surface area contributed by atoms with Gasteiger partial charge in [0.15, 0.2) is 0 Å². The quantitative estimate of drug-likeness (QED) is 0.739. The van der Waals surface area contributed by atoms with Gasteiger partial charge in [0.2, 0.25) is 5.89 Å². The molecule has 1 fully saturated rings. The van der Waals surface area contributed by atoms with Crippen LogP contribution < -0.4 is 4.90 Å². The zero-order valence-electron chi connectivity index (χ0n) is 12.2. The summed E-state index contributed by atoms with van der Waals surface area (Å²) in [4.78, 5) is 10.6. The first-order valence-corrected chi connectivity index (χ1v) is 6.53. The Morgan fingerprint density at radius 2 is 2.11 bits per heavy atom. The van der Waals surface area contributed by atoms with Crippen LogP contribution in [-0.4, -0.2) is 80.5 Å². The van der Waals surface area contributed by atoms with Crippen LogP contribution in [0.2, 0.25) is 0 Å². The van der Waals surface area contributed by atoms with Gasteiger partial charge in [-0.15, -0.1) is 0 Å². The predicted octanol–water partition coefficient (Wildman–Crippen LogP) is -0.102. The standard InChI is InChI=1S/C12H23N5O2/c1-15(2)7-10-8-17(5-6-18-10)9-11-13-12(14-19-11)16(3)4/h10H,5-9H2,1-4H3. The summed E-state index contributed by atoms with van der Waals surface area (Å²) in [6.45, 7) is 4.19. The molecule has 1 aromatic heterocycles. The van der Waals surface area contributed by atoms with Gasteiger partial charge in [-0.3, -0.25) is 4.90 Å². The molecule has 1 unspecified atom stereocenters. The molecule has 0 spiro atoms. The average molecular weight is 269 g/mol. The third-order valence-corrected chi connectivity index (χ3v) is 3.01. The molecule has 1 aromatic rings. The molecule has 2 heterocycles. The van der Waals surface area contributed by atoms with E-state index in [1.54, 1.807) is 0 Å². The summed E-state index contributed by atoms with van der Waals surface area (Å²) in [5.74, 6) is 1.28. The molecule has 1 aliphatic heterocycles. The number of likely N-dealkylation sites (N-methyl/N-ethyl adjacent to an activating group) is 1. The van der Waals surface area contributed by atoms with Crippen molar-refractivity contribution in [3.8, 4) is 0 Å². The molecule has 2 rings (SSSR count). The largest absolute Gasteiger partial charge is 0.374 e. The Hall–Kier alpha value is -1.18. The first-order chi connectivity index (χ1) is 9.04. The van der Waals surface area contributed by atoms with Gasteiger partial charge in [-0.1, -0.05) is 0 Å². The molecule has 7 heteroatoms. The fraction of sp³-hybridized carbons (Fsp3) is 0.833. The normalized spacial score (nSPS) is 21.0. The van der Waals surface area contributed by atoms with Crippen molar-refractivity contribution in [1.82, 2.24) is 19.9 Å². The highest BCUT2D eigenvalue weighted by atomic mass is 16.5. The summed E-state index contributed by atoms with van der Waals surface area (Å²) in [7, 11) is 7.92. The van der Waals surface area contributed by atoms with E-state index in [2.05, 4.69) is 34.0 Å². The highest BCUT2D eigenvalue weighted by Crippen LogP contribution is 2.12. The lowest BCUT2D eigenvalue weighted by Gasteiger charge is -2.33. The van der Waals surface area contributed by atoms with Crippen molar-refractivity contribution in [1.29, 1.82) is 0 Å². The van der Waals surface area contributed by atoms with Crippen molar-refractivity contribution in [2.24, 2.45) is 0 Å². The molecule has 0 bridgehead atoms. The smallest absolute Gasteiger partial charge is 0.265 e. The molecule has 0 saturated carbocycles. The monoisotopic (exact) mass is 269 g/mol. The van der Waals surface area contributed by atoms with Gasteiger partial charge in [-0.05, 0) is 19.3 Å². The number of morpholine rings is 1. The molecular weight excluding hydrogens is 246 g/mol. The van der Waals surface area contributed by atoms with Crippen LogP contribution in [0.5, 0.6) is 0 Å². The topological polar surface area (TPSA) is 57.9 Å². The number of anilines is 1. The zero-order chi connectivity index (χ0) is 13.8. The summed E-state index contributed by atoms with van der Waals surface area (Å²) < 4.78 is 11.0. The summed E-state index contributed by atoms with van der Waals surface area (Å²) in [6.07, 6.45) is 0.250. The van der Waals surface area contributed by atoms with Crippen LogP contribution in [0.3, 0.4) is 0 Å².